The fourth-order valence-electron chi connectivity index (χ4n) is 4.42. The Balaban J connectivity index is 1.49. The van der Waals surface area contributed by atoms with Gasteiger partial charge in [0.15, 0.2) is 0 Å². The highest BCUT2D eigenvalue weighted by Gasteiger charge is 2.12. The number of ether oxygens (including phenoxy) is 2. The molecule has 0 heterocycles. The van der Waals surface area contributed by atoms with Crippen LogP contribution in [0.15, 0.2) is 84.9 Å². The number of aryl methyl sites for hydroxylation is 1. The molecule has 6 heteroatoms. The average molecular weight is 546 g/mol. The maximum absolute atomic E-state index is 14.5. The Morgan fingerprint density at radius 1 is 0.846 bits per heavy atom. The van der Waals surface area contributed by atoms with Gasteiger partial charge in [-0.3, -0.25) is 4.79 Å². The third-order valence-electron chi connectivity index (χ3n) is 6.63. The first-order chi connectivity index (χ1) is 18.9. The van der Waals surface area contributed by atoms with E-state index in [-0.39, 0.29) is 17.5 Å². The molecule has 0 unspecified atom stereocenters. The zero-order chi connectivity index (χ0) is 27.6. The standard InChI is InChI=1S/C33H33ClFNO3/c1-23-27(13-8-15-30(23)25-10-4-3-5-11-25)21-38-29-18-17-26(12-6-7-19-36-24(2)37)32(20-29)39-22-28-14-9-16-31(34)33(28)35/h3-5,8-11,13-18,20H,6-7,12,19,21-22H2,1-2H3,(H,36,37). The van der Waals surface area contributed by atoms with Gasteiger partial charge in [-0.2, -0.15) is 0 Å². The van der Waals surface area contributed by atoms with Crippen molar-refractivity contribution >= 4 is 17.5 Å². The van der Waals surface area contributed by atoms with Gasteiger partial charge in [0.25, 0.3) is 0 Å². The normalized spacial score (nSPS) is 10.8. The second kappa shape index (κ2) is 13.8. The fraction of sp³-hybridized carbons (Fsp3) is 0.242. The number of rotatable bonds is 12. The van der Waals surface area contributed by atoms with Gasteiger partial charge in [-0.05, 0) is 66.1 Å². The number of carbonyl (C=O) groups excluding carboxylic acids is 1. The lowest BCUT2D eigenvalue weighted by Crippen LogP contribution is -2.20. The highest BCUT2D eigenvalue weighted by Crippen LogP contribution is 2.30. The summed E-state index contributed by atoms with van der Waals surface area (Å²) < 4.78 is 26.8. The first-order valence-electron chi connectivity index (χ1n) is 13.1. The van der Waals surface area contributed by atoms with E-state index in [4.69, 9.17) is 21.1 Å². The molecule has 4 nitrogen and oxygen atoms in total. The molecule has 0 radical (unpaired) electrons. The highest BCUT2D eigenvalue weighted by atomic mass is 35.5. The van der Waals surface area contributed by atoms with Crippen molar-refractivity contribution in [3.8, 4) is 22.6 Å². The molecule has 4 rings (SSSR count). The van der Waals surface area contributed by atoms with Gasteiger partial charge in [-0.15, -0.1) is 0 Å². The summed E-state index contributed by atoms with van der Waals surface area (Å²) in [6, 6.07) is 27.2. The third-order valence-corrected chi connectivity index (χ3v) is 6.92. The fourth-order valence-corrected chi connectivity index (χ4v) is 4.61. The minimum atomic E-state index is -0.475. The topological polar surface area (TPSA) is 47.6 Å². The summed E-state index contributed by atoms with van der Waals surface area (Å²) in [4.78, 5) is 11.1. The maximum Gasteiger partial charge on any atom is 0.216 e. The molecule has 0 bridgehead atoms. The zero-order valence-electron chi connectivity index (χ0n) is 22.3. The number of unbranched alkanes of at least 4 members (excludes halogenated alkanes) is 1. The first-order valence-corrected chi connectivity index (χ1v) is 13.5. The number of hydrogen-bond acceptors (Lipinski definition) is 3. The third kappa shape index (κ3) is 7.84. The molecule has 0 aliphatic rings. The summed E-state index contributed by atoms with van der Waals surface area (Å²) in [7, 11) is 0. The van der Waals surface area contributed by atoms with Gasteiger partial charge in [-0.1, -0.05) is 78.3 Å². The van der Waals surface area contributed by atoms with Gasteiger partial charge in [0, 0.05) is 25.1 Å². The number of halogens is 2. The summed E-state index contributed by atoms with van der Waals surface area (Å²) in [6.07, 6.45) is 2.47. The van der Waals surface area contributed by atoms with Crippen LogP contribution in [0.25, 0.3) is 11.1 Å². The molecule has 0 fully saturated rings. The number of carbonyl (C=O) groups is 1. The second-order valence-corrected chi connectivity index (χ2v) is 9.86. The van der Waals surface area contributed by atoms with Gasteiger partial charge in [0.2, 0.25) is 5.91 Å². The van der Waals surface area contributed by atoms with Crippen molar-refractivity contribution in [3.63, 3.8) is 0 Å². The molecular weight excluding hydrogens is 513 g/mol. The minimum Gasteiger partial charge on any atom is -0.489 e. The SMILES string of the molecule is CC(=O)NCCCCc1ccc(OCc2cccc(-c3ccccc3)c2C)cc1OCc1cccc(Cl)c1F. The van der Waals surface area contributed by atoms with E-state index in [2.05, 4.69) is 36.5 Å². The Morgan fingerprint density at radius 2 is 1.59 bits per heavy atom. The van der Waals surface area contributed by atoms with Crippen LogP contribution in [0.5, 0.6) is 11.5 Å². The molecule has 0 saturated heterocycles. The number of amides is 1. The van der Waals surface area contributed by atoms with Crippen LogP contribution < -0.4 is 14.8 Å². The lowest BCUT2D eigenvalue weighted by Gasteiger charge is -2.16. The lowest BCUT2D eigenvalue weighted by molar-refractivity contribution is -0.118. The van der Waals surface area contributed by atoms with E-state index in [1.165, 1.54) is 29.7 Å². The molecule has 4 aromatic rings. The Kier molecular flexibility index (Phi) is 9.98. The molecule has 0 saturated carbocycles. The predicted molar refractivity (Wildman–Crippen MR) is 155 cm³/mol. The van der Waals surface area contributed by atoms with Crippen molar-refractivity contribution in [3.05, 3.63) is 118 Å². The molecule has 4 aromatic carbocycles. The van der Waals surface area contributed by atoms with E-state index in [9.17, 15) is 9.18 Å². The van der Waals surface area contributed by atoms with E-state index < -0.39 is 5.82 Å². The van der Waals surface area contributed by atoms with E-state index in [0.717, 1.165) is 30.4 Å². The van der Waals surface area contributed by atoms with Gasteiger partial charge in [0.05, 0.1) is 5.02 Å². The number of hydrogen-bond donors (Lipinski definition) is 1. The van der Waals surface area contributed by atoms with Gasteiger partial charge < -0.3 is 14.8 Å². The number of benzene rings is 4. The number of nitrogens with one attached hydrogen (secondary N) is 1. The molecule has 0 aliphatic carbocycles. The van der Waals surface area contributed by atoms with E-state index >= 15 is 0 Å². The van der Waals surface area contributed by atoms with Crippen molar-refractivity contribution in [2.75, 3.05) is 6.54 Å². The summed E-state index contributed by atoms with van der Waals surface area (Å²) >= 11 is 5.95. The maximum atomic E-state index is 14.5. The molecule has 202 valence electrons. The molecule has 1 N–H and O–H groups in total. The summed E-state index contributed by atoms with van der Waals surface area (Å²) in [5, 5.41) is 2.89. The van der Waals surface area contributed by atoms with E-state index in [0.29, 0.717) is 30.2 Å². The van der Waals surface area contributed by atoms with Crippen molar-refractivity contribution in [1.29, 1.82) is 0 Å². The lowest BCUT2D eigenvalue weighted by atomic mass is 9.97. The smallest absolute Gasteiger partial charge is 0.216 e. The molecule has 0 aliphatic heterocycles. The molecule has 0 spiro atoms. The van der Waals surface area contributed by atoms with Crippen LogP contribution in [0.1, 0.15) is 42.0 Å². The van der Waals surface area contributed by atoms with Crippen molar-refractivity contribution in [2.24, 2.45) is 0 Å². The molecule has 0 aromatic heterocycles. The molecular formula is C33H33ClFNO3. The Morgan fingerprint density at radius 3 is 2.38 bits per heavy atom. The van der Waals surface area contributed by atoms with Gasteiger partial charge >= 0.3 is 0 Å². The largest absolute Gasteiger partial charge is 0.489 e. The Labute approximate surface area is 234 Å². The Bertz CT molecular complexity index is 1410. The first kappa shape index (κ1) is 28.2. The highest BCUT2D eigenvalue weighted by molar-refractivity contribution is 6.30. The van der Waals surface area contributed by atoms with Crippen LogP contribution in [-0.2, 0) is 24.4 Å². The minimum absolute atomic E-state index is 0.0337. The van der Waals surface area contributed by atoms with Crippen molar-refractivity contribution in [2.45, 2.75) is 46.3 Å². The van der Waals surface area contributed by atoms with Crippen LogP contribution in [0, 0.1) is 12.7 Å². The van der Waals surface area contributed by atoms with Crippen LogP contribution >= 0.6 is 11.6 Å². The van der Waals surface area contributed by atoms with E-state index in [1.54, 1.807) is 12.1 Å². The molecule has 39 heavy (non-hydrogen) atoms. The van der Waals surface area contributed by atoms with Crippen LogP contribution in [0.3, 0.4) is 0 Å². The van der Waals surface area contributed by atoms with Gasteiger partial charge in [0.1, 0.15) is 30.5 Å². The quantitative estimate of drug-likeness (QED) is 0.183. The van der Waals surface area contributed by atoms with Crippen LogP contribution in [0.2, 0.25) is 5.02 Å². The van der Waals surface area contributed by atoms with E-state index in [1.807, 2.05) is 42.5 Å². The monoisotopic (exact) mass is 545 g/mol. The summed E-state index contributed by atoms with van der Waals surface area (Å²) in [6.45, 7) is 4.71. The van der Waals surface area contributed by atoms with Crippen molar-refractivity contribution in [1.82, 2.24) is 5.32 Å². The Hall–Kier alpha value is -3.83. The zero-order valence-corrected chi connectivity index (χ0v) is 23.1. The van der Waals surface area contributed by atoms with Gasteiger partial charge in [-0.25, -0.2) is 4.39 Å². The van der Waals surface area contributed by atoms with Crippen LogP contribution in [0.4, 0.5) is 4.39 Å². The second-order valence-electron chi connectivity index (χ2n) is 9.46. The molecule has 0 atom stereocenters. The summed E-state index contributed by atoms with van der Waals surface area (Å²) in [5.74, 6) is 0.801. The average Bonchev–Trinajstić information content (AvgIpc) is 2.94. The molecule has 1 amide bonds. The van der Waals surface area contributed by atoms with Crippen LogP contribution in [-0.4, -0.2) is 12.5 Å². The van der Waals surface area contributed by atoms with Crippen molar-refractivity contribution < 1.29 is 18.7 Å². The summed E-state index contributed by atoms with van der Waals surface area (Å²) in [5.41, 5.74) is 6.01. The predicted octanol–water partition coefficient (Wildman–Crippen LogP) is 8.07.